The molecule has 0 spiro atoms. The van der Waals surface area contributed by atoms with Crippen LogP contribution in [0.25, 0.3) is 10.9 Å². The highest BCUT2D eigenvalue weighted by atomic mass is 32.2. The van der Waals surface area contributed by atoms with Crippen molar-refractivity contribution >= 4 is 56.0 Å². The van der Waals surface area contributed by atoms with Crippen LogP contribution < -0.4 is 27.4 Å². The summed E-state index contributed by atoms with van der Waals surface area (Å²) in [7, 11) is -3.64. The maximum Gasteiger partial charge on any atom is 0.305 e. The van der Waals surface area contributed by atoms with Crippen LogP contribution in [0.15, 0.2) is 54.7 Å². The topological polar surface area (TPSA) is 287 Å². The lowest BCUT2D eigenvalue weighted by Crippen LogP contribution is -2.58. The summed E-state index contributed by atoms with van der Waals surface area (Å²) in [5, 5.41) is 28.4. The number of hydrogen-bond donors (Lipinski definition) is 7. The molecule has 9 N–H and O–H groups in total. The third-order valence-corrected chi connectivity index (χ3v) is 8.12. The second-order valence-corrected chi connectivity index (χ2v) is 13.1. The second kappa shape index (κ2) is 15.8. The number of nitrogens with zero attached hydrogens (tertiary/aromatic N) is 1. The van der Waals surface area contributed by atoms with Crippen molar-refractivity contribution in [3.8, 4) is 0 Å². The van der Waals surface area contributed by atoms with Gasteiger partial charge in [-0.2, -0.15) is 0 Å². The molecule has 3 rings (SSSR count). The van der Waals surface area contributed by atoms with Crippen molar-refractivity contribution in [3.63, 3.8) is 0 Å². The second-order valence-electron chi connectivity index (χ2n) is 10.9. The lowest BCUT2D eigenvalue weighted by atomic mass is 10.0. The van der Waals surface area contributed by atoms with Crippen LogP contribution in [0.2, 0.25) is 0 Å². The number of amides is 4. The maximum atomic E-state index is 13.3. The lowest BCUT2D eigenvalue weighted by molar-refractivity contribution is -0.385. The number of primary amides is 1. The first-order valence-electron chi connectivity index (χ1n) is 14.2. The van der Waals surface area contributed by atoms with Crippen molar-refractivity contribution < 1.29 is 42.4 Å². The molecule has 18 heteroatoms. The molecular weight excluding hydrogens is 638 g/mol. The fraction of sp³-hybridized carbons (Fsp3) is 0.345. The molecule has 3 aromatic rings. The van der Waals surface area contributed by atoms with Crippen molar-refractivity contribution in [3.05, 3.63) is 76.0 Å². The van der Waals surface area contributed by atoms with E-state index in [9.17, 15) is 47.6 Å². The number of aliphatic carboxylic acids is 1. The van der Waals surface area contributed by atoms with Gasteiger partial charge in [0.15, 0.2) is 0 Å². The molecule has 17 nitrogen and oxygen atoms in total. The van der Waals surface area contributed by atoms with E-state index in [-0.39, 0.29) is 17.7 Å². The molecule has 0 aliphatic heterocycles. The van der Waals surface area contributed by atoms with E-state index >= 15 is 0 Å². The highest BCUT2D eigenvalue weighted by molar-refractivity contribution is 7.90. The molecule has 252 valence electrons. The summed E-state index contributed by atoms with van der Waals surface area (Å²) in [5.74, 6) is -6.28. The Labute approximate surface area is 268 Å². The molecule has 0 saturated heterocycles. The quantitative estimate of drug-likeness (QED) is 0.0676. The number of aromatic amines is 1. The van der Waals surface area contributed by atoms with Crippen LogP contribution >= 0.6 is 0 Å². The van der Waals surface area contributed by atoms with Gasteiger partial charge in [0.2, 0.25) is 23.6 Å². The number of sulfone groups is 1. The predicted molar refractivity (Wildman–Crippen MR) is 168 cm³/mol. The van der Waals surface area contributed by atoms with E-state index in [1.807, 2.05) is 18.2 Å². The van der Waals surface area contributed by atoms with Crippen LogP contribution in [-0.4, -0.2) is 89.2 Å². The zero-order valence-electron chi connectivity index (χ0n) is 25.2. The molecule has 0 fully saturated rings. The Bertz CT molecular complexity index is 1780. The van der Waals surface area contributed by atoms with Crippen molar-refractivity contribution in [1.29, 1.82) is 0 Å². The number of rotatable bonds is 17. The molecule has 0 bridgehead atoms. The number of aromatic nitrogens is 1. The number of H-pyrrole nitrogens is 1. The van der Waals surface area contributed by atoms with Crippen molar-refractivity contribution in [1.82, 2.24) is 20.9 Å². The number of para-hydroxylation sites is 2. The number of carboxylic acids is 1. The average Bonchev–Trinajstić information content (AvgIpc) is 3.40. The maximum absolute atomic E-state index is 13.3. The number of hydrogen-bond acceptors (Lipinski definition) is 10. The SMILES string of the molecule is CS(=O)(=O)CC[C@H](NC(=O)[C@H](N)Cc1c[nH]c2ccccc12)C(=O)N[C@@H](CC(=O)O)C(=O)N[C@@H](Cc1ccccc1[N+](=O)[O-])C(N)=O. The van der Waals surface area contributed by atoms with Gasteiger partial charge in [0.1, 0.15) is 28.0 Å². The van der Waals surface area contributed by atoms with E-state index in [0.717, 1.165) is 17.2 Å². The minimum Gasteiger partial charge on any atom is -0.481 e. The highest BCUT2D eigenvalue weighted by Crippen LogP contribution is 2.20. The molecule has 0 saturated carbocycles. The summed E-state index contributed by atoms with van der Waals surface area (Å²) < 4.78 is 23.8. The van der Waals surface area contributed by atoms with E-state index in [4.69, 9.17) is 11.5 Å². The van der Waals surface area contributed by atoms with Crippen LogP contribution in [0.5, 0.6) is 0 Å². The van der Waals surface area contributed by atoms with E-state index in [1.54, 1.807) is 12.3 Å². The Kier molecular flexibility index (Phi) is 12.1. The lowest BCUT2D eigenvalue weighted by Gasteiger charge is -2.25. The number of carboxylic acid groups (broad SMARTS) is 1. The van der Waals surface area contributed by atoms with Gasteiger partial charge in [-0.1, -0.05) is 36.4 Å². The summed E-state index contributed by atoms with van der Waals surface area (Å²) in [6, 6.07) is 6.55. The summed E-state index contributed by atoms with van der Waals surface area (Å²) in [4.78, 5) is 77.1. The number of carbonyl (C=O) groups is 5. The number of nitro groups is 1. The van der Waals surface area contributed by atoms with Crippen molar-refractivity contribution in [2.75, 3.05) is 12.0 Å². The molecule has 0 aliphatic carbocycles. The molecule has 0 radical (unpaired) electrons. The van der Waals surface area contributed by atoms with E-state index < -0.39 is 93.5 Å². The first kappa shape index (κ1) is 36.1. The first-order valence-corrected chi connectivity index (χ1v) is 16.2. The molecule has 4 atom stereocenters. The Morgan fingerprint density at radius 1 is 0.894 bits per heavy atom. The van der Waals surface area contributed by atoms with Gasteiger partial charge < -0.3 is 37.5 Å². The van der Waals surface area contributed by atoms with Crippen LogP contribution in [0, 0.1) is 10.1 Å². The number of carbonyl (C=O) groups excluding carboxylic acids is 4. The van der Waals surface area contributed by atoms with E-state index in [1.165, 1.54) is 24.3 Å². The van der Waals surface area contributed by atoms with Crippen LogP contribution in [0.4, 0.5) is 5.69 Å². The Balaban J connectivity index is 1.78. The molecule has 1 heterocycles. The molecule has 2 aromatic carbocycles. The number of nitro benzene ring substituents is 1. The van der Waals surface area contributed by atoms with Gasteiger partial charge in [0, 0.05) is 41.4 Å². The van der Waals surface area contributed by atoms with Gasteiger partial charge in [0.05, 0.1) is 23.1 Å². The summed E-state index contributed by atoms with van der Waals surface area (Å²) in [6.07, 6.45) is 0.784. The van der Waals surface area contributed by atoms with Gasteiger partial charge in [-0.15, -0.1) is 0 Å². The van der Waals surface area contributed by atoms with Gasteiger partial charge in [-0.25, -0.2) is 8.42 Å². The van der Waals surface area contributed by atoms with Gasteiger partial charge in [0.25, 0.3) is 5.69 Å². The Morgan fingerprint density at radius 2 is 1.49 bits per heavy atom. The average molecular weight is 674 g/mol. The normalized spacial score (nSPS) is 13.9. The fourth-order valence-electron chi connectivity index (χ4n) is 4.74. The molecule has 4 amide bonds. The van der Waals surface area contributed by atoms with Crippen LogP contribution in [-0.2, 0) is 46.7 Å². The third kappa shape index (κ3) is 10.6. The molecule has 47 heavy (non-hydrogen) atoms. The monoisotopic (exact) mass is 673 g/mol. The number of fused-ring (bicyclic) bond motifs is 1. The van der Waals surface area contributed by atoms with Crippen molar-refractivity contribution in [2.45, 2.75) is 49.9 Å². The molecule has 0 aliphatic rings. The molecule has 1 aromatic heterocycles. The minimum atomic E-state index is -3.64. The summed E-state index contributed by atoms with van der Waals surface area (Å²) in [6.45, 7) is 0. The van der Waals surface area contributed by atoms with Crippen LogP contribution in [0.1, 0.15) is 24.0 Å². The summed E-state index contributed by atoms with van der Waals surface area (Å²) >= 11 is 0. The third-order valence-electron chi connectivity index (χ3n) is 7.15. The Hall–Kier alpha value is -5.36. The number of nitrogens with one attached hydrogen (secondary N) is 4. The smallest absolute Gasteiger partial charge is 0.305 e. The van der Waals surface area contributed by atoms with Gasteiger partial charge >= 0.3 is 5.97 Å². The van der Waals surface area contributed by atoms with Gasteiger partial charge in [-0.3, -0.25) is 34.1 Å². The zero-order valence-corrected chi connectivity index (χ0v) is 26.0. The molecular formula is C29H35N7O10S. The van der Waals surface area contributed by atoms with E-state index in [2.05, 4.69) is 20.9 Å². The molecule has 0 unspecified atom stereocenters. The van der Waals surface area contributed by atoms with Crippen LogP contribution in [0.3, 0.4) is 0 Å². The van der Waals surface area contributed by atoms with E-state index in [0.29, 0.717) is 5.56 Å². The zero-order chi connectivity index (χ0) is 34.9. The number of nitrogens with two attached hydrogens (primary N) is 2. The summed E-state index contributed by atoms with van der Waals surface area (Å²) in [5.41, 5.74) is 12.7. The predicted octanol–water partition coefficient (Wildman–Crippen LogP) is -0.962. The first-order chi connectivity index (χ1) is 22.1. The largest absolute Gasteiger partial charge is 0.481 e. The van der Waals surface area contributed by atoms with Crippen molar-refractivity contribution in [2.24, 2.45) is 11.5 Å². The highest BCUT2D eigenvalue weighted by Gasteiger charge is 2.32. The fourth-order valence-corrected chi connectivity index (χ4v) is 5.41. The number of benzene rings is 2. The standard InChI is InChI=1S/C29H35N7O10S/c1-47(45,46)11-10-21(33-27(40)19(30)12-17-15-32-20-8-4-3-7-18(17)20)28(41)35-23(14-25(37)38)29(42)34-22(26(31)39)13-16-6-2-5-9-24(16)36(43)44/h2-9,15,19,21-23,32H,10-14,30H2,1H3,(H2,31,39)(H,33,40)(H,34,42)(H,35,41)(H,37,38)/t19-,21+,22+,23+/m1/s1. The minimum absolute atomic E-state index is 0.0490. The Morgan fingerprint density at radius 3 is 2.13 bits per heavy atom. The van der Waals surface area contributed by atoms with Gasteiger partial charge in [-0.05, 0) is 24.5 Å².